The van der Waals surface area contributed by atoms with Gasteiger partial charge in [0.25, 0.3) is 0 Å². The number of nitrogens with one attached hydrogen (secondary N) is 1. The van der Waals surface area contributed by atoms with Crippen LogP contribution in [0.25, 0.3) is 10.8 Å². The van der Waals surface area contributed by atoms with Gasteiger partial charge in [0, 0.05) is 5.69 Å². The molecule has 1 amide bonds. The maximum Gasteiger partial charge on any atom is 0.307 e. The maximum absolute atomic E-state index is 12.3. The van der Waals surface area contributed by atoms with E-state index in [2.05, 4.69) is 10.4 Å². The molecule has 0 bridgehead atoms. The van der Waals surface area contributed by atoms with Gasteiger partial charge in [-0.05, 0) is 29.8 Å². The highest BCUT2D eigenvalue weighted by molar-refractivity contribution is 5.96. The summed E-state index contributed by atoms with van der Waals surface area (Å²) in [5.74, 6) is -0.293. The van der Waals surface area contributed by atoms with Crippen LogP contribution in [0.4, 0.5) is 11.4 Å². The molecular formula is C16H14N4O3. The molecule has 0 saturated heterocycles. The number of fused-ring (bicyclic) bond motifs is 1. The number of hydrogen-bond donors (Lipinski definition) is 1. The zero-order valence-electron chi connectivity index (χ0n) is 12.3. The van der Waals surface area contributed by atoms with Crippen LogP contribution >= 0.6 is 0 Å². The van der Waals surface area contributed by atoms with Crippen LogP contribution in [0.3, 0.4) is 0 Å². The summed E-state index contributed by atoms with van der Waals surface area (Å²) >= 11 is 0. The highest BCUT2D eigenvalue weighted by Gasteiger charge is 2.19. The lowest BCUT2D eigenvalue weighted by molar-refractivity contribution is -0.385. The van der Waals surface area contributed by atoms with E-state index < -0.39 is 11.0 Å². The molecule has 3 aromatic rings. The number of benzene rings is 2. The number of nitrogens with zero attached hydrogens (tertiary/aromatic N) is 3. The summed E-state index contributed by atoms with van der Waals surface area (Å²) in [6, 6.07) is 12.8. The monoisotopic (exact) mass is 310 g/mol. The third-order valence-corrected chi connectivity index (χ3v) is 3.59. The fourth-order valence-electron chi connectivity index (χ4n) is 2.27. The SMILES string of the molecule is CC(C(=O)Nc1ccc2ccccc2c1)n1cc([N+](=O)[O-])cn1. The van der Waals surface area contributed by atoms with E-state index in [9.17, 15) is 14.9 Å². The van der Waals surface area contributed by atoms with Gasteiger partial charge in [-0.1, -0.05) is 30.3 Å². The minimum Gasteiger partial charge on any atom is -0.324 e. The lowest BCUT2D eigenvalue weighted by Gasteiger charge is -2.12. The lowest BCUT2D eigenvalue weighted by atomic mass is 10.1. The van der Waals surface area contributed by atoms with Crippen molar-refractivity contribution in [2.24, 2.45) is 0 Å². The van der Waals surface area contributed by atoms with Crippen molar-refractivity contribution in [3.05, 3.63) is 65.0 Å². The Hall–Kier alpha value is -3.22. The van der Waals surface area contributed by atoms with Crippen LogP contribution in [0.5, 0.6) is 0 Å². The van der Waals surface area contributed by atoms with Gasteiger partial charge in [0.05, 0.1) is 4.92 Å². The van der Waals surface area contributed by atoms with Crippen molar-refractivity contribution in [3.63, 3.8) is 0 Å². The van der Waals surface area contributed by atoms with Gasteiger partial charge in [-0.25, -0.2) is 0 Å². The quantitative estimate of drug-likeness (QED) is 0.592. The number of aromatic nitrogens is 2. The average molecular weight is 310 g/mol. The topological polar surface area (TPSA) is 90.1 Å². The van der Waals surface area contributed by atoms with E-state index in [4.69, 9.17) is 0 Å². The molecule has 23 heavy (non-hydrogen) atoms. The molecule has 7 nitrogen and oxygen atoms in total. The van der Waals surface area contributed by atoms with E-state index in [1.54, 1.807) is 6.92 Å². The molecule has 0 aliphatic heterocycles. The van der Waals surface area contributed by atoms with Crippen molar-refractivity contribution in [3.8, 4) is 0 Å². The van der Waals surface area contributed by atoms with Gasteiger partial charge >= 0.3 is 5.69 Å². The molecule has 0 spiro atoms. The van der Waals surface area contributed by atoms with Gasteiger partial charge in [-0.3, -0.25) is 19.6 Å². The lowest BCUT2D eigenvalue weighted by Crippen LogP contribution is -2.23. The number of anilines is 1. The molecule has 0 radical (unpaired) electrons. The number of nitro groups is 1. The van der Waals surface area contributed by atoms with Crippen molar-refractivity contribution >= 4 is 28.1 Å². The third kappa shape index (κ3) is 3.03. The van der Waals surface area contributed by atoms with Crippen LogP contribution in [0, 0.1) is 10.1 Å². The summed E-state index contributed by atoms with van der Waals surface area (Å²) in [6.07, 6.45) is 2.37. The van der Waals surface area contributed by atoms with E-state index in [-0.39, 0.29) is 11.6 Å². The van der Waals surface area contributed by atoms with Crippen molar-refractivity contribution in [2.75, 3.05) is 5.32 Å². The normalized spacial score (nSPS) is 12.0. The average Bonchev–Trinajstić information content (AvgIpc) is 3.04. The highest BCUT2D eigenvalue weighted by Crippen LogP contribution is 2.20. The van der Waals surface area contributed by atoms with E-state index in [1.807, 2.05) is 42.5 Å². The van der Waals surface area contributed by atoms with Crippen LogP contribution in [0.1, 0.15) is 13.0 Å². The van der Waals surface area contributed by atoms with Gasteiger partial charge in [0.15, 0.2) is 0 Å². The predicted molar refractivity (Wildman–Crippen MR) is 86.2 cm³/mol. The molecule has 2 aromatic carbocycles. The van der Waals surface area contributed by atoms with E-state index in [1.165, 1.54) is 10.9 Å². The maximum atomic E-state index is 12.3. The first-order chi connectivity index (χ1) is 11.0. The zero-order chi connectivity index (χ0) is 16.4. The summed E-state index contributed by atoms with van der Waals surface area (Å²) < 4.78 is 1.27. The molecule has 3 rings (SSSR count). The Morgan fingerprint density at radius 3 is 2.70 bits per heavy atom. The van der Waals surface area contributed by atoms with E-state index in [0.717, 1.165) is 17.0 Å². The van der Waals surface area contributed by atoms with Gasteiger partial charge in [-0.2, -0.15) is 5.10 Å². The van der Waals surface area contributed by atoms with Crippen molar-refractivity contribution in [2.45, 2.75) is 13.0 Å². The summed E-state index contributed by atoms with van der Waals surface area (Å²) in [6.45, 7) is 1.63. The van der Waals surface area contributed by atoms with Crippen LogP contribution in [0.2, 0.25) is 0 Å². The fraction of sp³-hybridized carbons (Fsp3) is 0.125. The second-order valence-electron chi connectivity index (χ2n) is 5.16. The van der Waals surface area contributed by atoms with Gasteiger partial charge < -0.3 is 5.32 Å². The molecule has 1 N–H and O–H groups in total. The van der Waals surface area contributed by atoms with Crippen LogP contribution < -0.4 is 5.32 Å². The van der Waals surface area contributed by atoms with Gasteiger partial charge in [0.1, 0.15) is 18.4 Å². The number of rotatable bonds is 4. The Morgan fingerprint density at radius 1 is 1.26 bits per heavy atom. The number of carbonyl (C=O) groups excluding carboxylic acids is 1. The standard InChI is InChI=1S/C16H14N4O3/c1-11(19-10-15(9-17-19)20(22)23)16(21)18-14-7-6-12-4-2-3-5-13(12)8-14/h2-11H,1H3,(H,18,21). The van der Waals surface area contributed by atoms with E-state index >= 15 is 0 Å². The molecule has 116 valence electrons. The summed E-state index contributed by atoms with van der Waals surface area (Å²) in [4.78, 5) is 22.4. The molecular weight excluding hydrogens is 296 g/mol. The first-order valence-corrected chi connectivity index (χ1v) is 7.03. The van der Waals surface area contributed by atoms with Gasteiger partial charge in [0.2, 0.25) is 5.91 Å². The molecule has 1 aromatic heterocycles. The molecule has 1 heterocycles. The summed E-state index contributed by atoms with van der Waals surface area (Å²) in [7, 11) is 0. The number of hydrogen-bond acceptors (Lipinski definition) is 4. The molecule has 1 atom stereocenters. The fourth-order valence-corrected chi connectivity index (χ4v) is 2.27. The second-order valence-corrected chi connectivity index (χ2v) is 5.16. The van der Waals surface area contributed by atoms with Crippen LogP contribution in [-0.2, 0) is 4.79 Å². The minimum atomic E-state index is -0.657. The summed E-state index contributed by atoms with van der Waals surface area (Å²) in [5, 5.41) is 19.4. The van der Waals surface area contributed by atoms with Crippen LogP contribution in [0.15, 0.2) is 54.9 Å². The Labute approximate surface area is 131 Å². The Bertz CT molecular complexity index is 888. The zero-order valence-corrected chi connectivity index (χ0v) is 12.3. The Morgan fingerprint density at radius 2 is 2.00 bits per heavy atom. The Balaban J connectivity index is 1.77. The van der Waals surface area contributed by atoms with Crippen molar-refractivity contribution < 1.29 is 9.72 Å². The molecule has 0 aliphatic carbocycles. The second kappa shape index (κ2) is 5.88. The van der Waals surface area contributed by atoms with E-state index in [0.29, 0.717) is 5.69 Å². The smallest absolute Gasteiger partial charge is 0.307 e. The van der Waals surface area contributed by atoms with Crippen molar-refractivity contribution in [1.82, 2.24) is 9.78 Å². The molecule has 0 aliphatic rings. The number of carbonyl (C=O) groups is 1. The number of amides is 1. The molecule has 0 saturated carbocycles. The summed E-state index contributed by atoms with van der Waals surface area (Å²) in [5.41, 5.74) is 0.526. The molecule has 1 unspecified atom stereocenters. The van der Waals surface area contributed by atoms with Crippen LogP contribution in [-0.4, -0.2) is 20.6 Å². The third-order valence-electron chi connectivity index (χ3n) is 3.59. The predicted octanol–water partition coefficient (Wildman–Crippen LogP) is 3.14. The minimum absolute atomic E-state index is 0.143. The molecule has 0 fully saturated rings. The Kier molecular flexibility index (Phi) is 3.76. The first kappa shape index (κ1) is 14.7. The molecule has 7 heteroatoms. The first-order valence-electron chi connectivity index (χ1n) is 7.03. The van der Waals surface area contributed by atoms with Gasteiger partial charge in [-0.15, -0.1) is 0 Å². The van der Waals surface area contributed by atoms with Crippen molar-refractivity contribution in [1.29, 1.82) is 0 Å². The highest BCUT2D eigenvalue weighted by atomic mass is 16.6. The largest absolute Gasteiger partial charge is 0.324 e.